The molecule has 0 aliphatic carbocycles. The molecule has 1 fully saturated rings. The van der Waals surface area contributed by atoms with Gasteiger partial charge < -0.3 is 16.0 Å². The van der Waals surface area contributed by atoms with Gasteiger partial charge in [0.2, 0.25) is 0 Å². The van der Waals surface area contributed by atoms with Gasteiger partial charge in [-0.2, -0.15) is 18.3 Å². The number of nitrogens with one attached hydrogen (secondary N) is 1. The highest BCUT2D eigenvalue weighted by molar-refractivity contribution is 5.97. The van der Waals surface area contributed by atoms with Gasteiger partial charge in [-0.05, 0) is 24.6 Å². The first-order valence-corrected chi connectivity index (χ1v) is 11.7. The molecule has 1 aliphatic heterocycles. The van der Waals surface area contributed by atoms with Crippen molar-refractivity contribution in [2.45, 2.75) is 25.3 Å². The number of aryl methyl sites for hydroxylation is 1. The van der Waals surface area contributed by atoms with Crippen LogP contribution in [-0.4, -0.2) is 61.6 Å². The Morgan fingerprint density at radius 3 is 2.55 bits per heavy atom. The van der Waals surface area contributed by atoms with Crippen LogP contribution in [0.25, 0.3) is 16.8 Å². The summed E-state index contributed by atoms with van der Waals surface area (Å²) in [5.74, 6) is -4.31. The number of anilines is 1. The number of nitrogens with zero attached hydrogens (tertiary/aromatic N) is 5. The Morgan fingerprint density at radius 2 is 1.85 bits per heavy atom. The number of alkyl halides is 4. The summed E-state index contributed by atoms with van der Waals surface area (Å²) in [6.07, 6.45) is -4.83. The highest BCUT2D eigenvalue weighted by atomic mass is 19.4. The number of amides is 2. The number of carbonyl (C=O) groups excluding carboxylic acids is 2. The number of likely N-dealkylation sites (tertiary alicyclic amines) is 1. The van der Waals surface area contributed by atoms with Crippen molar-refractivity contribution in [1.82, 2.24) is 29.8 Å². The lowest BCUT2D eigenvalue weighted by Gasteiger charge is -2.17. The molecule has 1 aromatic carbocycles. The Hall–Kier alpha value is -4.69. The molecule has 0 saturated carbocycles. The summed E-state index contributed by atoms with van der Waals surface area (Å²) in [7, 11) is 0. The van der Waals surface area contributed by atoms with Gasteiger partial charge in [0.05, 0.1) is 30.0 Å². The van der Waals surface area contributed by atoms with Crippen LogP contribution in [0.15, 0.2) is 42.9 Å². The molecule has 4 heterocycles. The maximum atomic E-state index is 14.8. The number of aromatic nitrogens is 4. The van der Waals surface area contributed by atoms with Gasteiger partial charge in [-0.15, -0.1) is 0 Å². The van der Waals surface area contributed by atoms with E-state index < -0.39 is 65.2 Å². The van der Waals surface area contributed by atoms with Crippen LogP contribution in [0, 0.1) is 18.6 Å². The van der Waals surface area contributed by atoms with Crippen LogP contribution in [0.2, 0.25) is 0 Å². The number of nitrogen functional groups attached to an aromatic ring is 1. The summed E-state index contributed by atoms with van der Waals surface area (Å²) in [4.78, 5) is 33.8. The molecular formula is C25H19F6N7O2. The van der Waals surface area contributed by atoms with Crippen molar-refractivity contribution in [3.05, 3.63) is 76.9 Å². The number of hydrogen-bond acceptors (Lipinski definition) is 6. The normalized spacial score (nSPS) is 17.4. The van der Waals surface area contributed by atoms with E-state index in [1.165, 1.54) is 18.2 Å². The van der Waals surface area contributed by atoms with Crippen molar-refractivity contribution in [2.75, 3.05) is 18.8 Å². The van der Waals surface area contributed by atoms with Gasteiger partial charge >= 0.3 is 6.18 Å². The summed E-state index contributed by atoms with van der Waals surface area (Å²) in [6.45, 7) is 0.785. The Bertz CT molecular complexity index is 1650. The zero-order valence-corrected chi connectivity index (χ0v) is 20.5. The van der Waals surface area contributed by atoms with Gasteiger partial charge in [-0.3, -0.25) is 9.59 Å². The molecule has 1 aliphatic rings. The van der Waals surface area contributed by atoms with Crippen molar-refractivity contribution < 1.29 is 35.9 Å². The lowest BCUT2D eigenvalue weighted by Crippen LogP contribution is -2.42. The van der Waals surface area contributed by atoms with Gasteiger partial charge in [-0.1, -0.05) is 12.1 Å². The number of carbonyl (C=O) groups is 2. The number of pyridine rings is 1. The average molecular weight is 563 g/mol. The largest absolute Gasteiger partial charge is 0.418 e. The van der Waals surface area contributed by atoms with Crippen molar-refractivity contribution in [3.8, 4) is 11.3 Å². The van der Waals surface area contributed by atoms with Gasteiger partial charge in [0.1, 0.15) is 23.8 Å². The topological polar surface area (TPSA) is 119 Å². The Labute approximate surface area is 221 Å². The van der Waals surface area contributed by atoms with E-state index in [0.717, 1.165) is 21.8 Å². The third-order valence-electron chi connectivity index (χ3n) is 6.53. The molecule has 4 aromatic rings. The van der Waals surface area contributed by atoms with Crippen molar-refractivity contribution in [3.63, 3.8) is 0 Å². The molecule has 3 aromatic heterocycles. The number of rotatable bonds is 4. The fourth-order valence-electron chi connectivity index (χ4n) is 4.55. The molecule has 3 N–H and O–H groups in total. The zero-order chi connectivity index (χ0) is 28.9. The van der Waals surface area contributed by atoms with E-state index >= 15 is 0 Å². The van der Waals surface area contributed by atoms with Crippen LogP contribution in [0.4, 0.5) is 32.2 Å². The zero-order valence-electron chi connectivity index (χ0n) is 20.5. The van der Waals surface area contributed by atoms with Crippen molar-refractivity contribution in [2.24, 2.45) is 0 Å². The third-order valence-corrected chi connectivity index (χ3v) is 6.53. The molecule has 5 rings (SSSR count). The maximum absolute atomic E-state index is 14.8. The van der Waals surface area contributed by atoms with Crippen LogP contribution in [0.3, 0.4) is 0 Å². The highest BCUT2D eigenvalue weighted by Gasteiger charge is 2.39. The molecule has 2 atom stereocenters. The maximum Gasteiger partial charge on any atom is 0.418 e. The summed E-state index contributed by atoms with van der Waals surface area (Å²) in [6, 6.07) is 4.46. The molecule has 2 amide bonds. The van der Waals surface area contributed by atoms with Crippen molar-refractivity contribution in [1.29, 1.82) is 0 Å². The molecule has 0 spiro atoms. The molecule has 208 valence electrons. The third kappa shape index (κ3) is 4.78. The monoisotopic (exact) mass is 563 g/mol. The van der Waals surface area contributed by atoms with Crippen LogP contribution in [0.1, 0.15) is 32.0 Å². The molecule has 0 unspecified atom stereocenters. The minimum absolute atomic E-state index is 0.0136. The second-order valence-electron chi connectivity index (χ2n) is 9.17. The predicted octanol–water partition coefficient (Wildman–Crippen LogP) is 3.57. The van der Waals surface area contributed by atoms with E-state index in [1.54, 1.807) is 6.92 Å². The fraction of sp³-hybridized carbons (Fsp3) is 0.240. The van der Waals surface area contributed by atoms with E-state index in [1.807, 2.05) is 0 Å². The second-order valence-corrected chi connectivity index (χ2v) is 9.17. The van der Waals surface area contributed by atoms with Gasteiger partial charge in [-0.25, -0.2) is 27.7 Å². The van der Waals surface area contributed by atoms with Crippen LogP contribution in [-0.2, 0) is 6.18 Å². The lowest BCUT2D eigenvalue weighted by molar-refractivity contribution is -0.136. The van der Waals surface area contributed by atoms with Gasteiger partial charge in [0, 0.05) is 23.7 Å². The number of fused-ring (bicyclic) bond motifs is 1. The minimum atomic E-state index is -4.76. The van der Waals surface area contributed by atoms with Gasteiger partial charge in [0.25, 0.3) is 11.8 Å². The standard InChI is InChI=1S/C25H19F6N7O2/c1-11-2-3-12(19-6-15(25(29,30)31)21-22(32)34-10-35-38(19)21)4-14(11)23(39)36-18-9-37(8-17(18)28)24(40)20-16(27)5-13(26)7-33-20/h2-7,10,17-18H,8-9H2,1H3,(H,36,39)(H2,32,34,35)/t17-,18+/m0/s1. The number of nitrogens with two attached hydrogens (primary N) is 1. The van der Waals surface area contributed by atoms with Crippen LogP contribution >= 0.6 is 0 Å². The molecular weight excluding hydrogens is 544 g/mol. The summed E-state index contributed by atoms with van der Waals surface area (Å²) >= 11 is 0. The fourth-order valence-corrected chi connectivity index (χ4v) is 4.55. The van der Waals surface area contributed by atoms with E-state index in [0.29, 0.717) is 17.8 Å². The number of hydrogen-bond donors (Lipinski definition) is 2. The Balaban J connectivity index is 1.41. The highest BCUT2D eigenvalue weighted by Crippen LogP contribution is 2.38. The molecule has 9 nitrogen and oxygen atoms in total. The molecule has 1 saturated heterocycles. The first kappa shape index (κ1) is 26.9. The number of benzene rings is 1. The quantitative estimate of drug-likeness (QED) is 0.367. The van der Waals surface area contributed by atoms with E-state index in [2.05, 4.69) is 20.4 Å². The Kier molecular flexibility index (Phi) is 6.59. The summed E-state index contributed by atoms with van der Waals surface area (Å²) in [5.41, 5.74) is 4.15. The van der Waals surface area contributed by atoms with E-state index in [9.17, 15) is 35.9 Å². The summed E-state index contributed by atoms with van der Waals surface area (Å²) < 4.78 is 84.0. The average Bonchev–Trinajstić information content (AvgIpc) is 3.46. The van der Waals surface area contributed by atoms with Crippen molar-refractivity contribution >= 4 is 23.1 Å². The predicted molar refractivity (Wildman–Crippen MR) is 129 cm³/mol. The second kappa shape index (κ2) is 9.81. The van der Waals surface area contributed by atoms with Gasteiger partial charge in [0.15, 0.2) is 17.3 Å². The first-order valence-electron chi connectivity index (χ1n) is 11.7. The van der Waals surface area contributed by atoms with E-state index in [-0.39, 0.29) is 29.2 Å². The number of halogens is 6. The van der Waals surface area contributed by atoms with E-state index in [4.69, 9.17) is 5.73 Å². The Morgan fingerprint density at radius 1 is 1.10 bits per heavy atom. The lowest BCUT2D eigenvalue weighted by atomic mass is 10.0. The summed E-state index contributed by atoms with van der Waals surface area (Å²) in [5, 5.41) is 6.37. The molecule has 40 heavy (non-hydrogen) atoms. The smallest absolute Gasteiger partial charge is 0.382 e. The molecule has 0 radical (unpaired) electrons. The molecule has 0 bridgehead atoms. The van der Waals surface area contributed by atoms with Crippen LogP contribution in [0.5, 0.6) is 0 Å². The SMILES string of the molecule is Cc1ccc(-c2cc(C(F)(F)F)c3c(N)ncnn23)cc1C(=O)N[C@@H]1CN(C(=O)c2ncc(F)cc2F)C[C@@H]1F. The first-order chi connectivity index (χ1) is 18.8. The molecule has 15 heteroatoms. The minimum Gasteiger partial charge on any atom is -0.382 e. The van der Waals surface area contributed by atoms with Crippen LogP contribution < -0.4 is 11.1 Å².